The van der Waals surface area contributed by atoms with E-state index in [9.17, 15) is 20.4 Å². The third-order valence-corrected chi connectivity index (χ3v) is 15.1. The van der Waals surface area contributed by atoms with Crippen molar-refractivity contribution in [3.8, 4) is 23.0 Å². The van der Waals surface area contributed by atoms with Crippen molar-refractivity contribution in [1.82, 2.24) is 10.6 Å². The van der Waals surface area contributed by atoms with Crippen molar-refractivity contribution in [2.45, 2.75) is 236 Å². The fourth-order valence-electron chi connectivity index (χ4n) is 9.22. The summed E-state index contributed by atoms with van der Waals surface area (Å²) in [6, 6.07) is 36.8. The molecule has 0 heterocycles. The number of nitrogens with zero attached hydrogens (tertiary/aromatic N) is 2. The maximum atomic E-state index is 13.2. The summed E-state index contributed by atoms with van der Waals surface area (Å²) in [5, 5.41) is 59.3. The Morgan fingerprint density at radius 2 is 0.560 bits per heavy atom. The molecule has 6 aromatic carbocycles. The fourth-order valence-corrected chi connectivity index (χ4v) is 9.22. The van der Waals surface area contributed by atoms with Crippen LogP contribution in [0.1, 0.15) is 244 Å². The normalized spacial score (nSPS) is 12.1. The maximum Gasteiger partial charge on any atom is 0.0514 e. The topological polar surface area (TPSA) is 227 Å². The van der Waals surface area contributed by atoms with Gasteiger partial charge in [-0.2, -0.15) is 0 Å². The average molecular weight is 1410 g/mol. The first kappa shape index (κ1) is 90.2. The van der Waals surface area contributed by atoms with E-state index >= 15 is 0 Å². The maximum absolute atomic E-state index is 13.2. The van der Waals surface area contributed by atoms with Crippen molar-refractivity contribution in [2.24, 2.45) is 9.98 Å². The third kappa shape index (κ3) is 29.5. The van der Waals surface area contributed by atoms with Gasteiger partial charge in [-0.25, -0.2) is 0 Å². The van der Waals surface area contributed by atoms with E-state index in [1.807, 2.05) is 60.7 Å². The predicted molar refractivity (Wildman–Crippen MR) is 366 cm³/mol. The molecule has 0 atom stereocenters. The summed E-state index contributed by atoms with van der Waals surface area (Å²) < 4.78 is 0. The Morgan fingerprint density at radius 1 is 0.330 bits per heavy atom. The van der Waals surface area contributed by atoms with E-state index in [1.54, 1.807) is 12.4 Å². The van der Waals surface area contributed by atoms with Crippen LogP contribution in [0.4, 0.5) is 0 Å². The third-order valence-electron chi connectivity index (χ3n) is 15.1. The van der Waals surface area contributed by atoms with Crippen molar-refractivity contribution < 1.29 is 79.0 Å². The minimum Gasteiger partial charge on any atom is -2.00 e. The molecule has 11 nitrogen and oxygen atoms in total. The zero-order valence-corrected chi connectivity index (χ0v) is 64.4. The van der Waals surface area contributed by atoms with Gasteiger partial charge in [0.1, 0.15) is 0 Å². The van der Waals surface area contributed by atoms with Crippen LogP contribution in [0.25, 0.3) is 0 Å². The molecule has 0 aliphatic carbocycles. The summed E-state index contributed by atoms with van der Waals surface area (Å²) in [6.45, 7) is 58.5. The second-order valence-corrected chi connectivity index (χ2v) is 31.6. The number of aryl methyl sites for hydroxylation is 2. The van der Waals surface area contributed by atoms with Gasteiger partial charge in [0, 0.05) is 80.7 Å². The van der Waals surface area contributed by atoms with Gasteiger partial charge in [-0.05, 0) is 124 Å². The SMILES string of the molecule is CC(C)(C)c1cc(C=NCCNCc2cc(C(C)(C)C)cc(C(C)(C)C)c2[O-])c([O-])c(C(C)(C)C)c1.CC(C)(C)c1cc(C=NCCNCc2cc(C(C)(C)C)cc(C(C)(C)C)c2[O-])c([O-])c(C(C)(C)C)c1.Cc1ccccc1.Cc1ccccc1.[Mo].[Mo].[O-2].[O-2].[O-2]. The molecule has 0 aliphatic rings. The van der Waals surface area contributed by atoms with Gasteiger partial charge >= 0.3 is 0 Å². The van der Waals surface area contributed by atoms with Crippen LogP contribution in [-0.2, 0) is 115 Å². The van der Waals surface area contributed by atoms with Crippen LogP contribution >= 0.6 is 0 Å². The number of nitrogens with one attached hydrogen (secondary N) is 2. The molecule has 0 unspecified atom stereocenters. The summed E-state index contributed by atoms with van der Waals surface area (Å²) >= 11 is 0. The van der Waals surface area contributed by atoms with Gasteiger partial charge in [0.2, 0.25) is 0 Å². The van der Waals surface area contributed by atoms with Crippen LogP contribution in [-0.4, -0.2) is 38.6 Å². The van der Waals surface area contributed by atoms with Crippen LogP contribution in [0.3, 0.4) is 0 Å². The van der Waals surface area contributed by atoms with Gasteiger partial charge in [-0.3, -0.25) is 9.98 Å². The summed E-state index contributed by atoms with van der Waals surface area (Å²) in [5.41, 5.74) is 12.5. The number of benzene rings is 6. The molecule has 0 saturated carbocycles. The standard InChI is InChI=1S/2C32H50N2O2.2C7H8.2Mo.3O/c2*1-29(2,3)23-15-21(27(35)25(17-23)31(7,8)9)19-33-13-14-34-20-22-16-24(30(4,5)6)18-26(28(22)36)32(10,11)12;2*1-7-5-3-2-4-6-7;;;;;/h2*15-19,34-36H,13-14,20H2,1-12H3;2*2-6H,1H3;;;;;/q;;;;;;3*-2/p-4. The molecule has 0 aromatic heterocycles. The van der Waals surface area contributed by atoms with Crippen LogP contribution in [0.2, 0.25) is 0 Å². The zero-order chi connectivity index (χ0) is 65.6. The Balaban J connectivity index is -0.00000133. The molecule has 0 saturated heterocycles. The first-order valence-electron chi connectivity index (χ1n) is 31.1. The molecule has 91 heavy (non-hydrogen) atoms. The number of hydrogen-bond acceptors (Lipinski definition) is 8. The Morgan fingerprint density at radius 3 is 0.769 bits per heavy atom. The van der Waals surface area contributed by atoms with Crippen molar-refractivity contribution >= 4 is 12.4 Å². The van der Waals surface area contributed by atoms with Crippen LogP contribution in [0.15, 0.2) is 119 Å². The average Bonchev–Trinajstić information content (AvgIpc) is 0.936. The second kappa shape index (κ2) is 37.2. The fraction of sp³-hybridized carbons (Fsp3) is 0.513. The molecule has 6 aromatic rings. The van der Waals surface area contributed by atoms with Crippen LogP contribution in [0.5, 0.6) is 23.0 Å². The Bertz CT molecular complexity index is 2960. The quantitative estimate of drug-likeness (QED) is 0.0688. The number of aliphatic imine (C=N–C) groups is 2. The smallest absolute Gasteiger partial charge is 0.0514 e. The molecule has 0 spiro atoms. The molecule has 0 radical (unpaired) electrons. The molecule has 13 heteroatoms. The van der Waals surface area contributed by atoms with Gasteiger partial charge in [0.25, 0.3) is 0 Å². The molecule has 2 N–H and O–H groups in total. The van der Waals surface area contributed by atoms with Crippen molar-refractivity contribution in [3.05, 3.63) is 187 Å². The summed E-state index contributed by atoms with van der Waals surface area (Å²) in [6.07, 6.45) is 3.43. The van der Waals surface area contributed by atoms with E-state index in [2.05, 4.69) is 249 Å². The summed E-state index contributed by atoms with van der Waals surface area (Å²) in [7, 11) is 0. The largest absolute Gasteiger partial charge is 2.00 e. The van der Waals surface area contributed by atoms with E-state index in [4.69, 9.17) is 0 Å². The molecule has 508 valence electrons. The van der Waals surface area contributed by atoms with Gasteiger partial charge < -0.3 is 47.5 Å². The second-order valence-electron chi connectivity index (χ2n) is 31.6. The molecule has 0 fully saturated rings. The zero-order valence-electron chi connectivity index (χ0n) is 60.4. The van der Waals surface area contributed by atoms with Gasteiger partial charge in [0.05, 0.1) is 13.1 Å². The number of rotatable bonds is 12. The first-order valence-corrected chi connectivity index (χ1v) is 31.1. The van der Waals surface area contributed by atoms with Crippen LogP contribution in [0, 0.1) is 13.8 Å². The van der Waals surface area contributed by atoms with Crippen molar-refractivity contribution in [2.75, 3.05) is 26.2 Å². The molecular formula is C78H112Mo2N4O7-10. The van der Waals surface area contributed by atoms with Gasteiger partial charge in [0.15, 0.2) is 0 Å². The van der Waals surface area contributed by atoms with E-state index in [0.29, 0.717) is 50.4 Å². The summed E-state index contributed by atoms with van der Waals surface area (Å²) in [5.74, 6) is 0.348. The first-order chi connectivity index (χ1) is 39.2. The van der Waals surface area contributed by atoms with Crippen LogP contribution < -0.4 is 31.1 Å². The Hall–Kier alpha value is -4.96. The Kier molecular flexibility index (Phi) is 36.9. The van der Waals surface area contributed by atoms with E-state index < -0.39 is 0 Å². The minimum atomic E-state index is -0.230. The van der Waals surface area contributed by atoms with E-state index in [-0.39, 0.29) is 125 Å². The molecular weight excluding hydrogens is 1300 g/mol. The predicted octanol–water partition coefficient (Wildman–Crippen LogP) is 16.1. The van der Waals surface area contributed by atoms with E-state index in [1.165, 1.54) is 22.3 Å². The number of hydrogen-bond donors (Lipinski definition) is 2. The van der Waals surface area contributed by atoms with Crippen molar-refractivity contribution in [3.63, 3.8) is 0 Å². The molecule has 0 aliphatic heterocycles. The molecule has 0 amide bonds. The van der Waals surface area contributed by atoms with E-state index in [0.717, 1.165) is 44.5 Å². The summed E-state index contributed by atoms with van der Waals surface area (Å²) in [4.78, 5) is 9.10. The molecule has 6 rings (SSSR count). The van der Waals surface area contributed by atoms with Crippen molar-refractivity contribution in [1.29, 1.82) is 0 Å². The Labute approximate surface area is 580 Å². The molecule has 0 bridgehead atoms. The monoisotopic (exact) mass is 1410 g/mol. The minimum absolute atomic E-state index is 0. The van der Waals surface area contributed by atoms with Gasteiger partial charge in [-0.15, -0.1) is 11.5 Å². The van der Waals surface area contributed by atoms with Gasteiger partial charge in [-0.1, -0.05) is 298 Å².